The number of amides is 3. The van der Waals surface area contributed by atoms with Crippen LogP contribution in [0.5, 0.6) is 0 Å². The van der Waals surface area contributed by atoms with E-state index in [0.717, 1.165) is 49.7 Å². The second-order valence-electron chi connectivity index (χ2n) is 9.75. The van der Waals surface area contributed by atoms with Crippen molar-refractivity contribution in [1.29, 1.82) is 0 Å². The molecule has 1 aromatic heterocycles. The number of benzene rings is 1. The Balaban J connectivity index is 1.52. The Morgan fingerprint density at radius 2 is 1.72 bits per heavy atom. The highest BCUT2D eigenvalue weighted by Crippen LogP contribution is 2.31. The highest BCUT2D eigenvalue weighted by atomic mass is 16.2. The molecule has 1 aliphatic carbocycles. The van der Waals surface area contributed by atoms with E-state index in [1.165, 1.54) is 6.33 Å². The molecule has 1 aromatic carbocycles. The van der Waals surface area contributed by atoms with Crippen LogP contribution in [0.25, 0.3) is 11.1 Å². The first-order valence-electron chi connectivity index (χ1n) is 12.9. The van der Waals surface area contributed by atoms with E-state index in [9.17, 15) is 14.4 Å². The quantitative estimate of drug-likeness (QED) is 0.522. The van der Waals surface area contributed by atoms with Crippen LogP contribution in [0.4, 0.5) is 5.69 Å². The minimum Gasteiger partial charge on any atom is -0.343 e. The van der Waals surface area contributed by atoms with Gasteiger partial charge in [0.15, 0.2) is 0 Å². The van der Waals surface area contributed by atoms with Gasteiger partial charge in [0.05, 0.1) is 6.04 Å². The summed E-state index contributed by atoms with van der Waals surface area (Å²) >= 11 is 0. The van der Waals surface area contributed by atoms with Gasteiger partial charge in [0.2, 0.25) is 17.7 Å². The van der Waals surface area contributed by atoms with Crippen molar-refractivity contribution < 1.29 is 14.4 Å². The van der Waals surface area contributed by atoms with Crippen LogP contribution in [0.1, 0.15) is 51.9 Å². The van der Waals surface area contributed by atoms with Crippen LogP contribution in [-0.2, 0) is 14.4 Å². The number of aromatic nitrogens is 2. The predicted molar refractivity (Wildman–Crippen MR) is 138 cm³/mol. The summed E-state index contributed by atoms with van der Waals surface area (Å²) in [5.41, 5.74) is 2.26. The lowest BCUT2D eigenvalue weighted by Crippen LogP contribution is -2.57. The number of carbonyl (C=O) groups excluding carboxylic acids is 3. The van der Waals surface area contributed by atoms with Gasteiger partial charge >= 0.3 is 0 Å². The summed E-state index contributed by atoms with van der Waals surface area (Å²) < 4.78 is 0. The number of nitrogens with one attached hydrogen (secondary N) is 3. The third-order valence-electron chi connectivity index (χ3n) is 7.41. The van der Waals surface area contributed by atoms with E-state index in [1.807, 2.05) is 24.3 Å². The zero-order chi connectivity index (χ0) is 25.5. The number of hydrogen-bond acceptors (Lipinski definition) is 6. The first kappa shape index (κ1) is 25.8. The van der Waals surface area contributed by atoms with Gasteiger partial charge in [-0.3, -0.25) is 14.4 Å². The van der Waals surface area contributed by atoms with Crippen molar-refractivity contribution in [2.24, 2.45) is 5.92 Å². The number of rotatable bonds is 8. The van der Waals surface area contributed by atoms with E-state index in [0.29, 0.717) is 18.7 Å². The summed E-state index contributed by atoms with van der Waals surface area (Å²) in [7, 11) is 1.72. The molecule has 3 amide bonds. The second-order valence-corrected chi connectivity index (χ2v) is 9.75. The second kappa shape index (κ2) is 12.1. The normalized spacial score (nSPS) is 19.9. The van der Waals surface area contributed by atoms with Crippen LogP contribution in [0, 0.1) is 5.92 Å². The van der Waals surface area contributed by atoms with Gasteiger partial charge in [-0.05, 0) is 51.6 Å². The van der Waals surface area contributed by atoms with Crippen molar-refractivity contribution in [3.63, 3.8) is 0 Å². The molecule has 36 heavy (non-hydrogen) atoms. The van der Waals surface area contributed by atoms with Crippen LogP contribution in [0.2, 0.25) is 0 Å². The summed E-state index contributed by atoms with van der Waals surface area (Å²) in [6.45, 7) is 2.28. The minimum absolute atomic E-state index is 0.0855. The minimum atomic E-state index is -0.615. The molecule has 0 bridgehead atoms. The molecule has 1 saturated carbocycles. The highest BCUT2D eigenvalue weighted by molar-refractivity contribution is 6.01. The largest absolute Gasteiger partial charge is 0.343 e. The SMILES string of the molecule is CNC(C)C(=O)NC(C(=O)N1CCCC1C(=O)Nc1ccccc1-c1cncnc1)C1CCCCC1. The van der Waals surface area contributed by atoms with Gasteiger partial charge in [-0.15, -0.1) is 0 Å². The first-order valence-corrected chi connectivity index (χ1v) is 12.9. The lowest BCUT2D eigenvalue weighted by molar-refractivity contribution is -0.142. The Morgan fingerprint density at radius 3 is 2.44 bits per heavy atom. The maximum Gasteiger partial charge on any atom is 0.247 e. The fraction of sp³-hybridized carbons (Fsp3) is 0.519. The van der Waals surface area contributed by atoms with Crippen molar-refractivity contribution in [2.75, 3.05) is 18.9 Å². The third-order valence-corrected chi connectivity index (χ3v) is 7.41. The average Bonchev–Trinajstić information content (AvgIpc) is 3.42. The molecule has 4 rings (SSSR count). The maximum absolute atomic E-state index is 13.8. The summed E-state index contributed by atoms with van der Waals surface area (Å²) in [6, 6.07) is 5.90. The monoisotopic (exact) mass is 492 g/mol. The molecule has 9 heteroatoms. The lowest BCUT2D eigenvalue weighted by atomic mass is 9.83. The Bertz CT molecular complexity index is 1060. The van der Waals surface area contributed by atoms with Crippen molar-refractivity contribution in [1.82, 2.24) is 25.5 Å². The molecule has 2 aliphatic rings. The molecular formula is C27H36N6O3. The number of anilines is 1. The molecule has 9 nitrogen and oxygen atoms in total. The average molecular weight is 493 g/mol. The Kier molecular flexibility index (Phi) is 8.64. The summed E-state index contributed by atoms with van der Waals surface area (Å²) in [6.07, 6.45) is 11.3. The molecular weight excluding hydrogens is 456 g/mol. The maximum atomic E-state index is 13.8. The molecule has 2 aromatic rings. The van der Waals surface area contributed by atoms with Crippen LogP contribution in [0.15, 0.2) is 43.0 Å². The molecule has 192 valence electrons. The van der Waals surface area contributed by atoms with E-state index in [2.05, 4.69) is 25.9 Å². The van der Waals surface area contributed by atoms with E-state index in [-0.39, 0.29) is 23.6 Å². The summed E-state index contributed by atoms with van der Waals surface area (Å²) in [5, 5.41) is 9.00. The summed E-state index contributed by atoms with van der Waals surface area (Å²) in [5.74, 6) is -0.480. The lowest BCUT2D eigenvalue weighted by Gasteiger charge is -2.35. The fourth-order valence-corrected chi connectivity index (χ4v) is 5.24. The number of para-hydroxylation sites is 1. The molecule has 1 aliphatic heterocycles. The van der Waals surface area contributed by atoms with Gasteiger partial charge < -0.3 is 20.9 Å². The van der Waals surface area contributed by atoms with Crippen LogP contribution in [0.3, 0.4) is 0 Å². The van der Waals surface area contributed by atoms with Gasteiger partial charge in [-0.25, -0.2) is 9.97 Å². The number of carbonyl (C=O) groups is 3. The van der Waals surface area contributed by atoms with Gasteiger partial charge in [0.25, 0.3) is 0 Å². The Hall–Kier alpha value is -3.33. The van der Waals surface area contributed by atoms with Crippen molar-refractivity contribution in [3.05, 3.63) is 43.0 Å². The third kappa shape index (κ3) is 5.90. The number of hydrogen-bond donors (Lipinski definition) is 3. The standard InChI is InChI=1S/C27H36N6O3/c1-18(28-2)25(34)32-24(19-9-4-3-5-10-19)27(36)33-14-8-13-23(33)26(35)31-22-12-7-6-11-21(22)20-15-29-17-30-16-20/h6-7,11-12,15-19,23-24,28H,3-5,8-10,13-14H2,1-2H3,(H,31,35)(H,32,34). The van der Waals surface area contributed by atoms with Gasteiger partial charge in [-0.2, -0.15) is 0 Å². The van der Waals surface area contributed by atoms with E-state index < -0.39 is 18.1 Å². The molecule has 0 radical (unpaired) electrons. The first-order chi connectivity index (χ1) is 17.5. The number of nitrogens with zero attached hydrogens (tertiary/aromatic N) is 3. The van der Waals surface area contributed by atoms with E-state index in [4.69, 9.17) is 0 Å². The highest BCUT2D eigenvalue weighted by Gasteiger charge is 2.41. The molecule has 3 N–H and O–H groups in total. The number of likely N-dealkylation sites (N-methyl/N-ethyl adjacent to an activating group) is 1. The smallest absolute Gasteiger partial charge is 0.247 e. The van der Waals surface area contributed by atoms with Gasteiger partial charge in [0.1, 0.15) is 18.4 Å². The Morgan fingerprint density at radius 1 is 1.00 bits per heavy atom. The van der Waals surface area contributed by atoms with Crippen molar-refractivity contribution in [2.45, 2.75) is 70.0 Å². The topological polar surface area (TPSA) is 116 Å². The molecule has 2 fully saturated rings. The summed E-state index contributed by atoms with van der Waals surface area (Å²) in [4.78, 5) is 49.9. The molecule has 3 unspecified atom stereocenters. The zero-order valence-electron chi connectivity index (χ0n) is 21.1. The van der Waals surface area contributed by atoms with Crippen LogP contribution >= 0.6 is 0 Å². The fourth-order valence-electron chi connectivity index (χ4n) is 5.24. The number of likely N-dealkylation sites (tertiary alicyclic amines) is 1. The predicted octanol–water partition coefficient (Wildman–Crippen LogP) is 2.75. The van der Waals surface area contributed by atoms with Crippen molar-refractivity contribution >= 4 is 23.4 Å². The van der Waals surface area contributed by atoms with Crippen molar-refractivity contribution in [3.8, 4) is 11.1 Å². The van der Waals surface area contributed by atoms with E-state index in [1.54, 1.807) is 31.3 Å². The van der Waals surface area contributed by atoms with Crippen LogP contribution < -0.4 is 16.0 Å². The van der Waals surface area contributed by atoms with Gasteiger partial charge in [0, 0.05) is 35.8 Å². The molecule has 1 saturated heterocycles. The van der Waals surface area contributed by atoms with Gasteiger partial charge in [-0.1, -0.05) is 37.5 Å². The molecule has 0 spiro atoms. The Labute approximate surface area is 212 Å². The van der Waals surface area contributed by atoms with E-state index >= 15 is 0 Å². The molecule has 3 atom stereocenters. The van der Waals surface area contributed by atoms with Crippen LogP contribution in [-0.4, -0.2) is 64.3 Å². The molecule has 2 heterocycles. The zero-order valence-corrected chi connectivity index (χ0v) is 21.1.